The summed E-state index contributed by atoms with van der Waals surface area (Å²) in [6.45, 7) is 5.02. The lowest BCUT2D eigenvalue weighted by atomic mass is 10.1. The molecule has 0 amide bonds. The molecule has 3 N–H and O–H groups in total. The van der Waals surface area contributed by atoms with Crippen LogP contribution in [-0.2, 0) is 12.8 Å². The first-order chi connectivity index (χ1) is 10.1. The Hall–Kier alpha value is -2.14. The van der Waals surface area contributed by atoms with Crippen molar-refractivity contribution in [3.8, 4) is 5.75 Å². The smallest absolute Gasteiger partial charge is 0.251 e. The molecule has 0 radical (unpaired) electrons. The summed E-state index contributed by atoms with van der Waals surface area (Å²) in [4.78, 5) is 18.6. The molecule has 5 heteroatoms. The Morgan fingerprint density at radius 2 is 2.05 bits per heavy atom. The molecule has 112 valence electrons. The molecule has 0 fully saturated rings. The Bertz CT molecular complexity index is 665. The average Bonchev–Trinajstić information content (AvgIpc) is 2.41. The van der Waals surface area contributed by atoms with Gasteiger partial charge in [-0.2, -0.15) is 0 Å². The highest BCUT2D eigenvalue weighted by Crippen LogP contribution is 2.18. The van der Waals surface area contributed by atoms with Crippen molar-refractivity contribution >= 4 is 0 Å². The van der Waals surface area contributed by atoms with Gasteiger partial charge in [-0.15, -0.1) is 0 Å². The highest BCUT2D eigenvalue weighted by molar-refractivity contribution is 5.35. The van der Waals surface area contributed by atoms with Crippen LogP contribution in [0.2, 0.25) is 0 Å². The molecule has 1 aromatic carbocycles. The molecular weight excluding hydrogens is 266 g/mol. The Morgan fingerprint density at radius 1 is 1.24 bits per heavy atom. The maximum absolute atomic E-state index is 11.5. The van der Waals surface area contributed by atoms with E-state index in [4.69, 9.17) is 10.5 Å². The van der Waals surface area contributed by atoms with Crippen LogP contribution in [0.5, 0.6) is 5.75 Å². The number of H-pyrrole nitrogens is 1. The van der Waals surface area contributed by atoms with Gasteiger partial charge in [0.2, 0.25) is 0 Å². The quantitative estimate of drug-likeness (QED) is 0.844. The first-order valence-electron chi connectivity index (χ1n) is 7.07. The molecule has 0 unspecified atom stereocenters. The first-order valence-corrected chi connectivity index (χ1v) is 7.07. The lowest BCUT2D eigenvalue weighted by Crippen LogP contribution is -2.17. The van der Waals surface area contributed by atoms with Crippen LogP contribution < -0.4 is 16.0 Å². The zero-order valence-corrected chi connectivity index (χ0v) is 12.5. The second kappa shape index (κ2) is 7.04. The normalized spacial score (nSPS) is 10.6. The van der Waals surface area contributed by atoms with E-state index in [2.05, 4.69) is 16.0 Å². The minimum absolute atomic E-state index is 0.144. The Kier molecular flexibility index (Phi) is 5.11. The lowest BCUT2D eigenvalue weighted by Gasteiger charge is -2.09. The Morgan fingerprint density at radius 3 is 2.76 bits per heavy atom. The molecule has 2 rings (SSSR count). The summed E-state index contributed by atoms with van der Waals surface area (Å²) in [7, 11) is 0. The summed E-state index contributed by atoms with van der Waals surface area (Å²) in [5.41, 5.74) is 8.38. The van der Waals surface area contributed by atoms with Gasteiger partial charge in [0.05, 0.1) is 6.61 Å². The van der Waals surface area contributed by atoms with Gasteiger partial charge < -0.3 is 15.5 Å². The van der Waals surface area contributed by atoms with E-state index in [1.165, 1.54) is 11.6 Å². The van der Waals surface area contributed by atoms with Crippen molar-refractivity contribution in [3.63, 3.8) is 0 Å². The molecule has 21 heavy (non-hydrogen) atoms. The molecule has 0 bridgehead atoms. The Balaban J connectivity index is 1.98. The zero-order chi connectivity index (χ0) is 15.2. The fraction of sp³-hybridized carbons (Fsp3) is 0.375. The second-order valence-electron chi connectivity index (χ2n) is 5.09. The maximum Gasteiger partial charge on any atom is 0.251 e. The predicted molar refractivity (Wildman–Crippen MR) is 82.7 cm³/mol. The molecule has 2 aromatic rings. The van der Waals surface area contributed by atoms with Gasteiger partial charge in [-0.05, 0) is 32.0 Å². The highest BCUT2D eigenvalue weighted by atomic mass is 16.5. The molecule has 0 atom stereocenters. The van der Waals surface area contributed by atoms with Gasteiger partial charge >= 0.3 is 0 Å². The molecule has 0 aliphatic heterocycles. The van der Waals surface area contributed by atoms with Crippen LogP contribution >= 0.6 is 0 Å². The standard InChI is InChI=1S/C16H21N3O2/c1-11-3-4-14(12(2)9-11)21-8-6-15-18-13(5-7-17)10-16(20)19-15/h3-4,9-10H,5-8,17H2,1-2H3,(H,18,19,20). The van der Waals surface area contributed by atoms with Crippen molar-refractivity contribution in [3.05, 3.63) is 57.3 Å². The van der Waals surface area contributed by atoms with Crippen LogP contribution in [0, 0.1) is 13.8 Å². The number of ether oxygens (including phenoxy) is 1. The summed E-state index contributed by atoms with van der Waals surface area (Å²) in [6, 6.07) is 7.55. The number of rotatable bonds is 6. The van der Waals surface area contributed by atoms with Crippen molar-refractivity contribution in [1.29, 1.82) is 0 Å². The van der Waals surface area contributed by atoms with Crippen LogP contribution in [0.1, 0.15) is 22.6 Å². The predicted octanol–water partition coefficient (Wildman–Crippen LogP) is 1.51. The number of aromatic nitrogens is 2. The average molecular weight is 287 g/mol. The summed E-state index contributed by atoms with van der Waals surface area (Å²) in [6.07, 6.45) is 1.16. The van der Waals surface area contributed by atoms with Crippen molar-refractivity contribution in [2.24, 2.45) is 5.73 Å². The monoisotopic (exact) mass is 287 g/mol. The van der Waals surface area contributed by atoms with E-state index in [-0.39, 0.29) is 5.56 Å². The van der Waals surface area contributed by atoms with Crippen LogP contribution in [0.3, 0.4) is 0 Å². The first kappa shape index (κ1) is 15.3. The van der Waals surface area contributed by atoms with E-state index >= 15 is 0 Å². The highest BCUT2D eigenvalue weighted by Gasteiger charge is 2.03. The van der Waals surface area contributed by atoms with E-state index in [9.17, 15) is 4.79 Å². The summed E-state index contributed by atoms with van der Waals surface area (Å²) < 4.78 is 5.75. The number of hydrogen-bond donors (Lipinski definition) is 2. The lowest BCUT2D eigenvalue weighted by molar-refractivity contribution is 0.316. The SMILES string of the molecule is Cc1ccc(OCCc2nc(CCN)cc(=O)[nH]2)c(C)c1. The molecule has 0 spiro atoms. The molecule has 0 aliphatic rings. The van der Waals surface area contributed by atoms with E-state index in [0.29, 0.717) is 31.8 Å². The zero-order valence-electron chi connectivity index (χ0n) is 12.5. The molecular formula is C16H21N3O2. The van der Waals surface area contributed by atoms with Gasteiger partial charge in [-0.25, -0.2) is 4.98 Å². The molecule has 0 aliphatic carbocycles. The van der Waals surface area contributed by atoms with Crippen LogP contribution in [0.15, 0.2) is 29.1 Å². The second-order valence-corrected chi connectivity index (χ2v) is 5.09. The van der Waals surface area contributed by atoms with Crippen molar-refractivity contribution in [2.45, 2.75) is 26.7 Å². The molecule has 1 heterocycles. The van der Waals surface area contributed by atoms with E-state index in [1.807, 2.05) is 26.0 Å². The largest absolute Gasteiger partial charge is 0.493 e. The van der Waals surface area contributed by atoms with Crippen molar-refractivity contribution in [1.82, 2.24) is 9.97 Å². The fourth-order valence-corrected chi connectivity index (χ4v) is 2.18. The number of nitrogens with two attached hydrogens (primary N) is 1. The number of aryl methyl sites for hydroxylation is 2. The topological polar surface area (TPSA) is 81.0 Å². The van der Waals surface area contributed by atoms with E-state index < -0.39 is 0 Å². The van der Waals surface area contributed by atoms with Crippen molar-refractivity contribution < 1.29 is 4.74 Å². The third-order valence-electron chi connectivity index (χ3n) is 3.17. The van der Waals surface area contributed by atoms with Gasteiger partial charge in [0.1, 0.15) is 11.6 Å². The molecule has 0 saturated carbocycles. The summed E-state index contributed by atoms with van der Waals surface area (Å²) >= 11 is 0. The van der Waals surface area contributed by atoms with E-state index in [0.717, 1.165) is 17.0 Å². The summed E-state index contributed by atoms with van der Waals surface area (Å²) in [5, 5.41) is 0. The minimum Gasteiger partial charge on any atom is -0.493 e. The van der Waals surface area contributed by atoms with Gasteiger partial charge in [0.15, 0.2) is 0 Å². The Labute approximate surface area is 124 Å². The number of nitrogens with zero attached hydrogens (tertiary/aromatic N) is 1. The van der Waals surface area contributed by atoms with Gasteiger partial charge in [0, 0.05) is 24.6 Å². The number of aromatic amines is 1. The molecule has 5 nitrogen and oxygen atoms in total. The summed E-state index contributed by atoms with van der Waals surface area (Å²) in [5.74, 6) is 1.50. The molecule has 1 aromatic heterocycles. The van der Waals surface area contributed by atoms with E-state index in [1.54, 1.807) is 0 Å². The minimum atomic E-state index is -0.144. The number of nitrogens with one attached hydrogen (secondary N) is 1. The number of benzene rings is 1. The maximum atomic E-state index is 11.5. The third-order valence-corrected chi connectivity index (χ3v) is 3.17. The third kappa shape index (κ3) is 4.43. The molecule has 0 saturated heterocycles. The number of hydrogen-bond acceptors (Lipinski definition) is 4. The van der Waals surface area contributed by atoms with Gasteiger partial charge in [0.25, 0.3) is 5.56 Å². The van der Waals surface area contributed by atoms with Gasteiger partial charge in [-0.3, -0.25) is 4.79 Å². The fourth-order valence-electron chi connectivity index (χ4n) is 2.18. The van der Waals surface area contributed by atoms with Crippen molar-refractivity contribution in [2.75, 3.05) is 13.2 Å². The van der Waals surface area contributed by atoms with Crippen LogP contribution in [0.25, 0.3) is 0 Å². The van der Waals surface area contributed by atoms with Crippen LogP contribution in [0.4, 0.5) is 0 Å². The van der Waals surface area contributed by atoms with Gasteiger partial charge in [-0.1, -0.05) is 17.7 Å². The van der Waals surface area contributed by atoms with Crippen LogP contribution in [-0.4, -0.2) is 23.1 Å².